The Morgan fingerprint density at radius 2 is 1.59 bits per heavy atom. The maximum atomic E-state index is 12.8. The maximum absolute atomic E-state index is 12.8. The summed E-state index contributed by atoms with van der Waals surface area (Å²) in [5.41, 5.74) is 0.337. The van der Waals surface area contributed by atoms with Crippen LogP contribution >= 0.6 is 0 Å². The average molecular weight is 356 g/mol. The van der Waals surface area contributed by atoms with E-state index in [0.29, 0.717) is 23.7 Å². The van der Waals surface area contributed by atoms with Crippen LogP contribution in [0, 0.1) is 40.4 Å². The Bertz CT molecular complexity index is 632. The Morgan fingerprint density at radius 3 is 2.26 bits per heavy atom. The van der Waals surface area contributed by atoms with Crippen molar-refractivity contribution in [1.29, 1.82) is 0 Å². The number of carbonyl (C=O) groups excluding carboxylic acids is 1. The molecule has 138 valence electrons. The molecule has 0 aromatic heterocycles. The zero-order valence-corrected chi connectivity index (χ0v) is 17.5. The van der Waals surface area contributed by atoms with Crippen molar-refractivity contribution in [3.8, 4) is 0 Å². The molecule has 8 radical (unpaired) electrons. The largest absolute Gasteiger partial charge is 0.302 e. The van der Waals surface area contributed by atoms with E-state index in [0.717, 1.165) is 24.7 Å². The van der Waals surface area contributed by atoms with E-state index < -0.39 is 10.4 Å². The number of rotatable bonds is 2. The fraction of sp³-hybridized carbons (Fsp3) is 0.955. The first-order valence-electron chi connectivity index (χ1n) is 11.2. The zero-order chi connectivity index (χ0) is 19.8. The van der Waals surface area contributed by atoms with Crippen molar-refractivity contribution in [2.75, 3.05) is 0 Å². The summed E-state index contributed by atoms with van der Waals surface area (Å²) in [6, 6.07) is 0. The lowest BCUT2D eigenvalue weighted by Crippen LogP contribution is -2.61. The zero-order valence-electron chi connectivity index (χ0n) is 17.5. The summed E-state index contributed by atoms with van der Waals surface area (Å²) >= 11 is 0. The van der Waals surface area contributed by atoms with Crippen LogP contribution < -0.4 is 0 Å². The van der Waals surface area contributed by atoms with Crippen LogP contribution in [0.4, 0.5) is 0 Å². The predicted molar refractivity (Wildman–Crippen MR) is 114 cm³/mol. The third kappa shape index (κ3) is 2.64. The van der Waals surface area contributed by atoms with Gasteiger partial charge in [0.1, 0.15) is 5.78 Å². The molecule has 0 aromatic carbocycles. The van der Waals surface area contributed by atoms with E-state index in [9.17, 15) is 4.79 Å². The molecule has 27 heavy (non-hydrogen) atoms. The normalized spacial score (nSPS) is 50.5. The van der Waals surface area contributed by atoms with E-state index in [2.05, 4.69) is 20.8 Å². The first-order chi connectivity index (χ1) is 12.5. The Kier molecular flexibility index (Phi) is 4.65. The molecule has 4 aliphatic carbocycles. The average Bonchev–Trinajstić information content (AvgIpc) is 2.90. The molecular formula is C22H32B4O. The van der Waals surface area contributed by atoms with Gasteiger partial charge in [0, 0.05) is 0 Å². The first-order valence-corrected chi connectivity index (χ1v) is 11.2. The molecular weight excluding hydrogens is 323 g/mol. The molecule has 4 rings (SSSR count). The summed E-state index contributed by atoms with van der Waals surface area (Å²) < 4.78 is 0. The van der Waals surface area contributed by atoms with Gasteiger partial charge >= 0.3 is 0 Å². The molecule has 4 aliphatic rings. The Labute approximate surface area is 171 Å². The number of carbonyl (C=O) groups is 1. The van der Waals surface area contributed by atoms with Gasteiger partial charge < -0.3 is 4.79 Å². The minimum absolute atomic E-state index is 0.0174. The van der Waals surface area contributed by atoms with Crippen LogP contribution in [0.3, 0.4) is 0 Å². The van der Waals surface area contributed by atoms with Gasteiger partial charge in [0.2, 0.25) is 0 Å². The lowest BCUT2D eigenvalue weighted by atomic mass is 9.25. The summed E-state index contributed by atoms with van der Waals surface area (Å²) in [4.78, 5) is 12.8. The highest BCUT2D eigenvalue weighted by molar-refractivity contribution is 6.62. The van der Waals surface area contributed by atoms with Crippen molar-refractivity contribution < 1.29 is 4.79 Å². The fourth-order valence-corrected chi connectivity index (χ4v) is 8.70. The van der Waals surface area contributed by atoms with Crippen molar-refractivity contribution in [2.45, 2.75) is 89.0 Å². The second kappa shape index (κ2) is 6.21. The molecule has 0 aromatic rings. The molecule has 1 nitrogen and oxygen atoms in total. The maximum Gasteiger partial charge on any atom is 0.111 e. The van der Waals surface area contributed by atoms with Gasteiger partial charge in [-0.05, 0) is 83.0 Å². The Balaban J connectivity index is 1.68. The molecule has 0 saturated heterocycles. The van der Waals surface area contributed by atoms with E-state index in [1.165, 1.54) is 38.5 Å². The van der Waals surface area contributed by atoms with Gasteiger partial charge in [0.15, 0.2) is 0 Å². The standard InChI is InChI=1S/C22H32B4O/c1-4-5-13-6-8-15-14-7-9-17-20(3,16(14)10-11-19(13,15)2)12-21(23,24)18(27)22(17,25)26/h13-17H,4-12H2,1-3H3/t13?,14-,15?,16?,17-,19+,20+/m0/s1. The number of ketones is 1. The van der Waals surface area contributed by atoms with Gasteiger partial charge in [0.05, 0.1) is 31.4 Å². The quantitative estimate of drug-likeness (QED) is 0.680. The van der Waals surface area contributed by atoms with Crippen molar-refractivity contribution >= 4 is 37.2 Å². The van der Waals surface area contributed by atoms with Crippen LogP contribution in [-0.4, -0.2) is 37.2 Å². The SMILES string of the molecule is [B]C1([B])C[C@]2(C)C3CC[C@]4(C)C(CCC)CCC4[C@@H]3CC[C@@H]2C([B])([B])C1=O. The summed E-state index contributed by atoms with van der Waals surface area (Å²) in [6.45, 7) is 7.16. The van der Waals surface area contributed by atoms with Gasteiger partial charge in [0.25, 0.3) is 0 Å². The predicted octanol–water partition coefficient (Wildman–Crippen LogP) is 4.14. The molecule has 5 heteroatoms. The van der Waals surface area contributed by atoms with Crippen molar-refractivity contribution in [3.63, 3.8) is 0 Å². The van der Waals surface area contributed by atoms with Gasteiger partial charge in [-0.2, -0.15) is 0 Å². The summed E-state index contributed by atoms with van der Waals surface area (Å²) in [5, 5.41) is -2.81. The van der Waals surface area contributed by atoms with Gasteiger partial charge in [-0.1, -0.05) is 46.5 Å². The number of Topliss-reactive ketones (excluding diaryl/α,β-unsaturated/α-hetero) is 1. The topological polar surface area (TPSA) is 17.1 Å². The van der Waals surface area contributed by atoms with Crippen LogP contribution in [0.15, 0.2) is 0 Å². The molecule has 4 saturated carbocycles. The third-order valence-electron chi connectivity index (χ3n) is 9.77. The van der Waals surface area contributed by atoms with Crippen LogP contribution in [0.25, 0.3) is 0 Å². The molecule has 3 unspecified atom stereocenters. The monoisotopic (exact) mass is 356 g/mol. The first kappa shape index (κ1) is 20.2. The van der Waals surface area contributed by atoms with E-state index in [4.69, 9.17) is 31.4 Å². The van der Waals surface area contributed by atoms with Crippen molar-refractivity contribution in [2.24, 2.45) is 40.4 Å². The molecule has 7 atom stereocenters. The van der Waals surface area contributed by atoms with Gasteiger partial charge in [-0.15, -0.1) is 0 Å². The van der Waals surface area contributed by atoms with Crippen LogP contribution in [-0.2, 0) is 4.79 Å². The van der Waals surface area contributed by atoms with Crippen molar-refractivity contribution in [1.82, 2.24) is 0 Å². The van der Waals surface area contributed by atoms with Crippen LogP contribution in [0.2, 0.25) is 10.4 Å². The van der Waals surface area contributed by atoms with E-state index >= 15 is 0 Å². The molecule has 0 aliphatic heterocycles. The lowest BCUT2D eigenvalue weighted by molar-refractivity contribution is -0.144. The van der Waals surface area contributed by atoms with E-state index in [1.54, 1.807) is 0 Å². The third-order valence-corrected chi connectivity index (χ3v) is 9.77. The van der Waals surface area contributed by atoms with Crippen molar-refractivity contribution in [3.05, 3.63) is 0 Å². The fourth-order valence-electron chi connectivity index (χ4n) is 8.70. The summed E-state index contributed by atoms with van der Waals surface area (Å²) in [6.07, 6.45) is 10.5. The summed E-state index contributed by atoms with van der Waals surface area (Å²) in [5.74, 6) is 2.51. The highest BCUT2D eigenvalue weighted by Gasteiger charge is 2.64. The molecule has 0 amide bonds. The Hall–Kier alpha value is -0.0703. The highest BCUT2D eigenvalue weighted by Crippen LogP contribution is 2.71. The molecule has 0 heterocycles. The minimum atomic E-state index is -1.40. The minimum Gasteiger partial charge on any atom is -0.302 e. The summed E-state index contributed by atoms with van der Waals surface area (Å²) in [7, 11) is 25.4. The number of hydrogen-bond donors (Lipinski definition) is 0. The molecule has 0 spiro atoms. The number of hydrogen-bond acceptors (Lipinski definition) is 1. The van der Waals surface area contributed by atoms with Crippen LogP contribution in [0.1, 0.15) is 78.6 Å². The molecule has 0 N–H and O–H groups in total. The van der Waals surface area contributed by atoms with E-state index in [1.807, 2.05) is 0 Å². The van der Waals surface area contributed by atoms with Gasteiger partial charge in [-0.25, -0.2) is 0 Å². The van der Waals surface area contributed by atoms with Gasteiger partial charge in [-0.3, -0.25) is 0 Å². The molecule has 4 fully saturated rings. The number of fused-ring (bicyclic) bond motifs is 5. The highest BCUT2D eigenvalue weighted by atomic mass is 16.1. The van der Waals surface area contributed by atoms with Crippen LogP contribution in [0.5, 0.6) is 0 Å². The second-order valence-electron chi connectivity index (χ2n) is 11.1. The molecule has 0 bridgehead atoms. The smallest absolute Gasteiger partial charge is 0.111 e. The van der Waals surface area contributed by atoms with E-state index in [-0.39, 0.29) is 17.1 Å². The Morgan fingerprint density at radius 1 is 0.926 bits per heavy atom. The second-order valence-corrected chi connectivity index (χ2v) is 11.1. The lowest BCUT2D eigenvalue weighted by Gasteiger charge is -2.66.